The Labute approximate surface area is 201 Å². The lowest BCUT2D eigenvalue weighted by atomic mass is 9.97. The third-order valence-corrected chi connectivity index (χ3v) is 6.36. The number of esters is 3. The van der Waals surface area contributed by atoms with Gasteiger partial charge in [0.25, 0.3) is 0 Å². The first kappa shape index (κ1) is 28.1. The van der Waals surface area contributed by atoms with Gasteiger partial charge in [-0.25, -0.2) is 0 Å². The zero-order valence-electron chi connectivity index (χ0n) is 19.6. The van der Waals surface area contributed by atoms with Crippen LogP contribution in [0.5, 0.6) is 0 Å². The maximum atomic E-state index is 12.0. The fourth-order valence-corrected chi connectivity index (χ4v) is 5.01. The first-order chi connectivity index (χ1) is 16.0. The van der Waals surface area contributed by atoms with Gasteiger partial charge in [-0.1, -0.05) is 6.08 Å². The van der Waals surface area contributed by atoms with Crippen molar-refractivity contribution in [3.8, 4) is 0 Å². The summed E-state index contributed by atoms with van der Waals surface area (Å²) in [6, 6.07) is -0.947. The number of rotatable bonds is 9. The lowest BCUT2D eigenvalue weighted by molar-refractivity contribution is -0.211. The van der Waals surface area contributed by atoms with Crippen LogP contribution in [0.25, 0.3) is 0 Å². The standard InChI is InChI=1S/C21H31NO11S/c1-10(24)22-18-20(31-13(4)27)19(30-12(3)26)15(9-29-11(2)25)33-21(18)34-16-6-7-17(28-5)32-14(16)8-23/h6-7,14-21,23H,8-9H2,1-5H3,(H,22,24)/t14-,15-,16+,17+,18-,19-,20-,21+/m1/s1. The Morgan fingerprint density at radius 2 is 1.59 bits per heavy atom. The van der Waals surface area contributed by atoms with E-state index in [4.69, 9.17) is 28.4 Å². The summed E-state index contributed by atoms with van der Waals surface area (Å²) in [6.07, 6.45) is -1.17. The Hall–Kier alpha value is -2.19. The molecular formula is C21H31NO11S. The minimum absolute atomic E-state index is 0.291. The predicted molar refractivity (Wildman–Crippen MR) is 117 cm³/mol. The first-order valence-electron chi connectivity index (χ1n) is 10.6. The average Bonchev–Trinajstić information content (AvgIpc) is 2.75. The zero-order valence-corrected chi connectivity index (χ0v) is 20.4. The molecule has 0 bridgehead atoms. The molecule has 0 aliphatic carbocycles. The number of carbonyl (C=O) groups excluding carboxylic acids is 4. The Morgan fingerprint density at radius 1 is 0.941 bits per heavy atom. The summed E-state index contributed by atoms with van der Waals surface area (Å²) >= 11 is 1.19. The third-order valence-electron chi connectivity index (χ3n) is 4.91. The Kier molecular flexibility index (Phi) is 10.8. The number of carbonyl (C=O) groups is 4. The van der Waals surface area contributed by atoms with Crippen LogP contribution in [0.2, 0.25) is 0 Å². The van der Waals surface area contributed by atoms with Gasteiger partial charge in [-0.15, -0.1) is 11.8 Å². The van der Waals surface area contributed by atoms with Crippen LogP contribution in [0, 0.1) is 0 Å². The lowest BCUT2D eigenvalue weighted by Crippen LogP contribution is -2.65. The second-order valence-corrected chi connectivity index (χ2v) is 8.95. The molecule has 34 heavy (non-hydrogen) atoms. The monoisotopic (exact) mass is 505 g/mol. The number of nitrogens with one attached hydrogen (secondary N) is 1. The van der Waals surface area contributed by atoms with Crippen molar-refractivity contribution in [1.29, 1.82) is 0 Å². The number of thioether (sulfide) groups is 1. The molecule has 2 rings (SSSR count). The van der Waals surface area contributed by atoms with Gasteiger partial charge >= 0.3 is 17.9 Å². The fourth-order valence-electron chi connectivity index (χ4n) is 3.60. The van der Waals surface area contributed by atoms with Crippen LogP contribution in [-0.4, -0.2) is 96.7 Å². The highest BCUT2D eigenvalue weighted by atomic mass is 32.2. The minimum atomic E-state index is -1.17. The van der Waals surface area contributed by atoms with E-state index in [9.17, 15) is 24.3 Å². The van der Waals surface area contributed by atoms with E-state index in [1.54, 1.807) is 12.2 Å². The average molecular weight is 506 g/mol. The van der Waals surface area contributed by atoms with Gasteiger partial charge in [0.2, 0.25) is 5.91 Å². The summed E-state index contributed by atoms with van der Waals surface area (Å²) in [5, 5.41) is 12.1. The SMILES string of the molecule is CO[C@@H]1C=C[C@H](S[C@@H]2O[C@H](COC(C)=O)[C@@H](OC(C)=O)[C@H](OC(C)=O)[C@H]2NC(C)=O)[C@@H](CO)O1. The largest absolute Gasteiger partial charge is 0.463 e. The highest BCUT2D eigenvalue weighted by Crippen LogP contribution is 2.37. The van der Waals surface area contributed by atoms with Crippen LogP contribution in [0.4, 0.5) is 0 Å². The number of ether oxygens (including phenoxy) is 6. The second kappa shape index (κ2) is 13.0. The van der Waals surface area contributed by atoms with E-state index in [2.05, 4.69) is 5.32 Å². The Bertz CT molecular complexity index is 776. The number of aliphatic hydroxyl groups excluding tert-OH is 1. The van der Waals surface area contributed by atoms with Crippen molar-refractivity contribution in [2.45, 2.75) is 75.1 Å². The lowest BCUT2D eigenvalue weighted by Gasteiger charge is -2.46. The van der Waals surface area contributed by atoms with Gasteiger partial charge in [-0.05, 0) is 6.08 Å². The van der Waals surface area contributed by atoms with Crippen molar-refractivity contribution in [2.75, 3.05) is 20.3 Å². The van der Waals surface area contributed by atoms with Crippen LogP contribution >= 0.6 is 11.8 Å². The van der Waals surface area contributed by atoms with E-state index >= 15 is 0 Å². The van der Waals surface area contributed by atoms with Crippen LogP contribution < -0.4 is 5.32 Å². The highest BCUT2D eigenvalue weighted by Gasteiger charge is 2.51. The van der Waals surface area contributed by atoms with Crippen LogP contribution in [0.3, 0.4) is 0 Å². The number of hydrogen-bond donors (Lipinski definition) is 2. The zero-order chi connectivity index (χ0) is 25.4. The minimum Gasteiger partial charge on any atom is -0.463 e. The highest BCUT2D eigenvalue weighted by molar-refractivity contribution is 8.00. The maximum Gasteiger partial charge on any atom is 0.303 e. The quantitative estimate of drug-likeness (QED) is 0.239. The van der Waals surface area contributed by atoms with Crippen molar-refractivity contribution < 1.29 is 52.7 Å². The number of aliphatic hydroxyl groups is 1. The van der Waals surface area contributed by atoms with Gasteiger partial charge in [0.05, 0.1) is 18.0 Å². The van der Waals surface area contributed by atoms with Gasteiger partial charge in [-0.2, -0.15) is 0 Å². The summed E-state index contributed by atoms with van der Waals surface area (Å²) in [5.74, 6) is -2.38. The molecule has 2 aliphatic rings. The van der Waals surface area contributed by atoms with Gasteiger partial charge in [0, 0.05) is 34.8 Å². The molecule has 1 fully saturated rings. The third kappa shape index (κ3) is 7.94. The second-order valence-electron chi connectivity index (χ2n) is 7.67. The number of hydrogen-bond acceptors (Lipinski definition) is 12. The molecule has 0 unspecified atom stereocenters. The van der Waals surface area contributed by atoms with Crippen molar-refractivity contribution >= 4 is 35.6 Å². The van der Waals surface area contributed by atoms with Crippen LogP contribution in [0.15, 0.2) is 12.2 Å². The first-order valence-corrected chi connectivity index (χ1v) is 11.5. The molecule has 0 saturated carbocycles. The molecule has 0 aromatic heterocycles. The summed E-state index contributed by atoms with van der Waals surface area (Å²) < 4.78 is 32.9. The molecule has 2 aliphatic heterocycles. The molecule has 2 N–H and O–H groups in total. The van der Waals surface area contributed by atoms with Crippen molar-refractivity contribution in [3.63, 3.8) is 0 Å². The molecule has 0 radical (unpaired) electrons. The molecule has 1 saturated heterocycles. The van der Waals surface area contributed by atoms with E-state index in [-0.39, 0.29) is 13.2 Å². The Morgan fingerprint density at radius 3 is 2.12 bits per heavy atom. The van der Waals surface area contributed by atoms with E-state index in [1.165, 1.54) is 46.6 Å². The van der Waals surface area contributed by atoms with E-state index in [0.29, 0.717) is 0 Å². The van der Waals surface area contributed by atoms with Gasteiger partial charge in [0.15, 0.2) is 18.5 Å². The van der Waals surface area contributed by atoms with Crippen molar-refractivity contribution in [3.05, 3.63) is 12.2 Å². The van der Waals surface area contributed by atoms with Gasteiger partial charge < -0.3 is 38.8 Å². The maximum absolute atomic E-state index is 12.0. The number of amides is 1. The van der Waals surface area contributed by atoms with Crippen molar-refractivity contribution in [2.24, 2.45) is 0 Å². The van der Waals surface area contributed by atoms with E-state index in [0.717, 1.165) is 0 Å². The summed E-state index contributed by atoms with van der Waals surface area (Å²) in [7, 11) is 1.46. The van der Waals surface area contributed by atoms with Crippen molar-refractivity contribution in [1.82, 2.24) is 5.32 Å². The van der Waals surface area contributed by atoms with Crippen LogP contribution in [0.1, 0.15) is 27.7 Å². The Balaban J connectivity index is 2.42. The molecule has 13 heteroatoms. The molecular weight excluding hydrogens is 474 g/mol. The van der Waals surface area contributed by atoms with E-state index < -0.39 is 71.2 Å². The normalized spacial score (nSPS) is 33.0. The summed E-state index contributed by atoms with van der Waals surface area (Å²) in [4.78, 5) is 47.2. The topological polar surface area (TPSA) is 156 Å². The van der Waals surface area contributed by atoms with Gasteiger partial charge in [0.1, 0.15) is 24.2 Å². The molecule has 2 heterocycles. The smallest absolute Gasteiger partial charge is 0.303 e. The molecule has 0 spiro atoms. The molecule has 0 aromatic rings. The summed E-state index contributed by atoms with van der Waals surface area (Å²) in [6.45, 7) is 4.23. The number of methoxy groups -OCH3 is 1. The van der Waals surface area contributed by atoms with E-state index in [1.807, 2.05) is 0 Å². The summed E-state index contributed by atoms with van der Waals surface area (Å²) in [5.41, 5.74) is -0.869. The predicted octanol–water partition coefficient (Wildman–Crippen LogP) is -0.336. The van der Waals surface area contributed by atoms with Gasteiger partial charge in [-0.3, -0.25) is 19.2 Å². The molecule has 8 atom stereocenters. The molecule has 1 amide bonds. The fraction of sp³-hybridized carbons (Fsp3) is 0.714. The molecule has 192 valence electrons. The molecule has 12 nitrogen and oxygen atoms in total. The van der Waals surface area contributed by atoms with Crippen LogP contribution in [-0.2, 0) is 47.6 Å². The molecule has 0 aromatic carbocycles.